The standard InChI is InChI=1S/C30H25FN2O6/c1-19-3-2-4-23(13-19)37-17-26(34)21-7-11-27-25(14-21)33(29(35)18-38-27)16-24-10-12-28(39-24)30(36)32-15-20-5-8-22(31)9-6-20/h2-14H,15-18H2,1H3,(H,32,36). The van der Waals surface area contributed by atoms with E-state index in [1.54, 1.807) is 42.5 Å². The number of fused-ring (bicyclic) bond motifs is 1. The summed E-state index contributed by atoms with van der Waals surface area (Å²) in [6.45, 7) is 1.85. The van der Waals surface area contributed by atoms with Crippen LogP contribution in [0.4, 0.5) is 10.1 Å². The molecule has 1 aromatic heterocycles. The van der Waals surface area contributed by atoms with E-state index in [1.165, 1.54) is 23.1 Å². The molecule has 0 atom stereocenters. The SMILES string of the molecule is Cc1cccc(OCC(=O)c2ccc3c(c2)N(Cc2ccc(C(=O)NCc4ccc(F)cc4)o2)C(=O)CO3)c1. The topological polar surface area (TPSA) is 98.1 Å². The lowest BCUT2D eigenvalue weighted by molar-refractivity contribution is -0.121. The third-order valence-electron chi connectivity index (χ3n) is 6.15. The number of nitrogens with zero attached hydrogens (tertiary/aromatic N) is 1. The van der Waals surface area contributed by atoms with Crippen LogP contribution in [-0.4, -0.2) is 30.8 Å². The summed E-state index contributed by atoms with van der Waals surface area (Å²) in [5, 5.41) is 2.72. The van der Waals surface area contributed by atoms with Crippen LogP contribution in [0.5, 0.6) is 11.5 Å². The van der Waals surface area contributed by atoms with Crippen LogP contribution in [0, 0.1) is 12.7 Å². The Bertz CT molecular complexity index is 1530. The molecule has 3 aromatic carbocycles. The average Bonchev–Trinajstić information content (AvgIpc) is 3.41. The molecule has 5 rings (SSSR count). The molecule has 1 aliphatic rings. The van der Waals surface area contributed by atoms with Crippen molar-refractivity contribution in [1.82, 2.24) is 5.32 Å². The zero-order chi connectivity index (χ0) is 27.4. The predicted molar refractivity (Wildman–Crippen MR) is 140 cm³/mol. The van der Waals surface area contributed by atoms with Crippen LogP contribution in [-0.2, 0) is 17.9 Å². The van der Waals surface area contributed by atoms with Gasteiger partial charge in [0.05, 0.1) is 12.2 Å². The zero-order valence-electron chi connectivity index (χ0n) is 21.1. The van der Waals surface area contributed by atoms with Gasteiger partial charge in [-0.25, -0.2) is 4.39 Å². The first-order valence-corrected chi connectivity index (χ1v) is 12.3. The largest absolute Gasteiger partial charge is 0.485 e. The van der Waals surface area contributed by atoms with Gasteiger partial charge in [-0.2, -0.15) is 0 Å². The highest BCUT2D eigenvalue weighted by molar-refractivity contribution is 6.02. The number of carbonyl (C=O) groups excluding carboxylic acids is 3. The summed E-state index contributed by atoms with van der Waals surface area (Å²) in [7, 11) is 0. The van der Waals surface area contributed by atoms with Crippen molar-refractivity contribution in [2.24, 2.45) is 0 Å². The van der Waals surface area contributed by atoms with Crippen molar-refractivity contribution in [2.75, 3.05) is 18.1 Å². The fourth-order valence-electron chi connectivity index (χ4n) is 4.10. The van der Waals surface area contributed by atoms with Gasteiger partial charge in [0.15, 0.2) is 24.8 Å². The summed E-state index contributed by atoms with van der Waals surface area (Å²) in [6.07, 6.45) is 0. The molecule has 0 saturated heterocycles. The number of ketones is 1. The molecule has 1 N–H and O–H groups in total. The van der Waals surface area contributed by atoms with Crippen LogP contribution < -0.4 is 19.7 Å². The molecule has 39 heavy (non-hydrogen) atoms. The molecule has 2 heterocycles. The first kappa shape index (κ1) is 25.7. The van der Waals surface area contributed by atoms with Gasteiger partial charge in [-0.15, -0.1) is 0 Å². The summed E-state index contributed by atoms with van der Waals surface area (Å²) in [6, 6.07) is 21.2. The van der Waals surface area contributed by atoms with Crippen molar-refractivity contribution in [3.8, 4) is 11.5 Å². The Hall–Kier alpha value is -4.92. The normalized spacial score (nSPS) is 12.5. The Morgan fingerprint density at radius 3 is 2.64 bits per heavy atom. The number of carbonyl (C=O) groups is 3. The van der Waals surface area contributed by atoms with Crippen LogP contribution in [0.25, 0.3) is 0 Å². The second kappa shape index (κ2) is 11.2. The number of rotatable bonds is 9. The van der Waals surface area contributed by atoms with Gasteiger partial charge in [-0.1, -0.05) is 24.3 Å². The first-order chi connectivity index (χ1) is 18.9. The second-order valence-corrected chi connectivity index (χ2v) is 9.05. The predicted octanol–water partition coefficient (Wildman–Crippen LogP) is 4.84. The van der Waals surface area contributed by atoms with Crippen LogP contribution in [0.15, 0.2) is 83.3 Å². The third kappa shape index (κ3) is 6.15. The number of nitrogens with one attached hydrogen (secondary N) is 1. The van der Waals surface area contributed by atoms with E-state index in [9.17, 15) is 18.8 Å². The lowest BCUT2D eigenvalue weighted by atomic mass is 10.1. The van der Waals surface area contributed by atoms with Crippen molar-refractivity contribution in [1.29, 1.82) is 0 Å². The minimum atomic E-state index is -0.444. The van der Waals surface area contributed by atoms with E-state index in [2.05, 4.69) is 5.32 Å². The number of anilines is 1. The Labute approximate surface area is 223 Å². The van der Waals surface area contributed by atoms with Gasteiger partial charge in [-0.05, 0) is 72.6 Å². The van der Waals surface area contributed by atoms with Crippen LogP contribution in [0.3, 0.4) is 0 Å². The summed E-state index contributed by atoms with van der Waals surface area (Å²) >= 11 is 0. The Kier molecular flexibility index (Phi) is 7.40. The van der Waals surface area contributed by atoms with E-state index in [1.807, 2.05) is 25.1 Å². The molecule has 198 valence electrons. The fourth-order valence-corrected chi connectivity index (χ4v) is 4.10. The first-order valence-electron chi connectivity index (χ1n) is 12.3. The van der Waals surface area contributed by atoms with Crippen molar-refractivity contribution < 1.29 is 32.7 Å². The van der Waals surface area contributed by atoms with Gasteiger partial charge >= 0.3 is 0 Å². The van der Waals surface area contributed by atoms with Crippen molar-refractivity contribution in [3.05, 3.63) is 113 Å². The molecular formula is C30H25FN2O6. The van der Waals surface area contributed by atoms with E-state index in [0.717, 1.165) is 11.1 Å². The maximum absolute atomic E-state index is 13.1. The maximum atomic E-state index is 13.1. The summed E-state index contributed by atoms with van der Waals surface area (Å²) in [5.74, 6) is 0.129. The molecule has 1 aliphatic heterocycles. The van der Waals surface area contributed by atoms with Gasteiger partial charge in [0.25, 0.3) is 11.8 Å². The molecule has 0 bridgehead atoms. The minimum absolute atomic E-state index is 0.0396. The number of hydrogen-bond acceptors (Lipinski definition) is 6. The maximum Gasteiger partial charge on any atom is 0.287 e. The van der Waals surface area contributed by atoms with E-state index in [4.69, 9.17) is 13.9 Å². The van der Waals surface area contributed by atoms with Crippen LogP contribution in [0.1, 0.15) is 37.8 Å². The number of hydrogen-bond donors (Lipinski definition) is 1. The lowest BCUT2D eigenvalue weighted by Gasteiger charge is -2.29. The van der Waals surface area contributed by atoms with Gasteiger partial charge < -0.3 is 19.2 Å². The number of amides is 2. The van der Waals surface area contributed by atoms with Crippen molar-refractivity contribution >= 4 is 23.3 Å². The van der Waals surface area contributed by atoms with Gasteiger partial charge in [-0.3, -0.25) is 19.3 Å². The lowest BCUT2D eigenvalue weighted by Crippen LogP contribution is -2.38. The average molecular weight is 529 g/mol. The molecule has 0 saturated carbocycles. The Morgan fingerprint density at radius 1 is 1.03 bits per heavy atom. The van der Waals surface area contributed by atoms with E-state index in [-0.39, 0.29) is 49.6 Å². The van der Waals surface area contributed by atoms with Crippen molar-refractivity contribution in [3.63, 3.8) is 0 Å². The highest BCUT2D eigenvalue weighted by Crippen LogP contribution is 2.34. The molecule has 2 amide bonds. The van der Waals surface area contributed by atoms with E-state index < -0.39 is 5.91 Å². The van der Waals surface area contributed by atoms with Crippen LogP contribution in [0.2, 0.25) is 0 Å². The number of benzene rings is 3. The summed E-state index contributed by atoms with van der Waals surface area (Å²) < 4.78 is 30.0. The molecule has 4 aromatic rings. The molecule has 0 fully saturated rings. The molecular weight excluding hydrogens is 503 g/mol. The zero-order valence-corrected chi connectivity index (χ0v) is 21.1. The minimum Gasteiger partial charge on any atom is -0.485 e. The third-order valence-corrected chi connectivity index (χ3v) is 6.15. The number of furan rings is 1. The van der Waals surface area contributed by atoms with Gasteiger partial charge in [0.1, 0.15) is 23.1 Å². The Balaban J connectivity index is 1.26. The molecule has 0 spiro atoms. The number of ether oxygens (including phenoxy) is 2. The Morgan fingerprint density at radius 2 is 1.85 bits per heavy atom. The summed E-state index contributed by atoms with van der Waals surface area (Å²) in [4.78, 5) is 39.6. The monoisotopic (exact) mass is 528 g/mol. The van der Waals surface area contributed by atoms with Crippen molar-refractivity contribution in [2.45, 2.75) is 20.0 Å². The molecule has 0 aliphatic carbocycles. The second-order valence-electron chi connectivity index (χ2n) is 9.05. The molecule has 0 unspecified atom stereocenters. The summed E-state index contributed by atoms with van der Waals surface area (Å²) in [5.41, 5.74) is 2.55. The van der Waals surface area contributed by atoms with E-state index in [0.29, 0.717) is 28.5 Å². The number of halogens is 1. The quantitative estimate of drug-likeness (QED) is 0.312. The highest BCUT2D eigenvalue weighted by Gasteiger charge is 2.28. The van der Waals surface area contributed by atoms with Crippen LogP contribution >= 0.6 is 0 Å². The fraction of sp³-hybridized carbons (Fsp3) is 0.167. The molecule has 9 heteroatoms. The van der Waals surface area contributed by atoms with Gasteiger partial charge in [0, 0.05) is 12.1 Å². The molecule has 8 nitrogen and oxygen atoms in total. The molecule has 0 radical (unpaired) electrons. The number of aryl methyl sites for hydroxylation is 1. The van der Waals surface area contributed by atoms with E-state index >= 15 is 0 Å². The number of Topliss-reactive ketones (excluding diaryl/α,β-unsaturated/α-hetero) is 1. The van der Waals surface area contributed by atoms with Gasteiger partial charge in [0.2, 0.25) is 0 Å². The smallest absolute Gasteiger partial charge is 0.287 e. The highest BCUT2D eigenvalue weighted by atomic mass is 19.1.